The first-order valence-electron chi connectivity index (χ1n) is 13.7. The Balaban J connectivity index is 1.68. The number of fused-ring (bicyclic) bond motifs is 2. The van der Waals surface area contributed by atoms with E-state index in [2.05, 4.69) is 108 Å². The Labute approximate surface area is 232 Å². The molecule has 4 aromatic carbocycles. The van der Waals surface area contributed by atoms with Crippen molar-refractivity contribution in [3.05, 3.63) is 113 Å². The first kappa shape index (κ1) is 26.7. The van der Waals surface area contributed by atoms with Gasteiger partial charge in [0.25, 0.3) is 0 Å². The Morgan fingerprint density at radius 3 is 2.00 bits per heavy atom. The summed E-state index contributed by atoms with van der Waals surface area (Å²) in [5, 5.41) is 2.32. The number of benzene rings is 4. The molecule has 0 saturated heterocycles. The van der Waals surface area contributed by atoms with E-state index in [1.165, 1.54) is 0 Å². The van der Waals surface area contributed by atoms with E-state index < -0.39 is 5.92 Å². The number of allylic oxidation sites excluding steroid dienone is 1. The molecule has 3 heteroatoms. The van der Waals surface area contributed by atoms with Gasteiger partial charge in [-0.15, -0.1) is 0 Å². The minimum absolute atomic E-state index is 0.159. The molecule has 1 aliphatic rings. The van der Waals surface area contributed by atoms with Crippen LogP contribution in [0.15, 0.2) is 84.9 Å². The molecule has 0 aliphatic heterocycles. The second-order valence-corrected chi connectivity index (χ2v) is 12.5. The normalized spacial score (nSPS) is 17.1. The summed E-state index contributed by atoms with van der Waals surface area (Å²) in [6, 6.07) is 26.9. The summed E-state index contributed by atoms with van der Waals surface area (Å²) in [4.78, 5) is 14.5. The summed E-state index contributed by atoms with van der Waals surface area (Å²) in [6.07, 6.45) is 4.31. The highest BCUT2D eigenvalue weighted by atomic mass is 16.5. The SMILES string of the molecule is COc1cc(C(C)(C)C)c(OC(=O)[C@H]2c3ccccc3C=C[C@H]2c2cccc3ccccc23)c(C(C)(C)C)c1. The van der Waals surface area contributed by atoms with Gasteiger partial charge in [-0.25, -0.2) is 0 Å². The Morgan fingerprint density at radius 1 is 0.744 bits per heavy atom. The van der Waals surface area contributed by atoms with E-state index in [4.69, 9.17) is 9.47 Å². The molecular formula is C36H38O3. The maximum Gasteiger partial charge on any atom is 0.319 e. The number of carbonyl (C=O) groups excluding carboxylic acids is 1. The van der Waals surface area contributed by atoms with Crippen molar-refractivity contribution in [2.75, 3.05) is 7.11 Å². The summed E-state index contributed by atoms with van der Waals surface area (Å²) in [7, 11) is 1.68. The number of hydrogen-bond donors (Lipinski definition) is 0. The Bertz CT molecular complexity index is 1520. The molecule has 0 radical (unpaired) electrons. The summed E-state index contributed by atoms with van der Waals surface area (Å²) < 4.78 is 12.2. The molecule has 2 atom stereocenters. The van der Waals surface area contributed by atoms with Gasteiger partial charge in [-0.05, 0) is 50.4 Å². The Kier molecular flexibility index (Phi) is 6.88. The van der Waals surface area contributed by atoms with E-state index in [0.29, 0.717) is 5.75 Å². The number of esters is 1. The fraction of sp³-hybridized carbons (Fsp3) is 0.306. The molecule has 4 aromatic rings. The van der Waals surface area contributed by atoms with Crippen molar-refractivity contribution in [2.24, 2.45) is 0 Å². The zero-order valence-corrected chi connectivity index (χ0v) is 24.0. The average Bonchev–Trinajstić information content (AvgIpc) is 2.90. The Hall–Kier alpha value is -3.85. The quantitative estimate of drug-likeness (QED) is 0.200. The molecule has 1 aliphatic carbocycles. The molecule has 0 heterocycles. The highest BCUT2D eigenvalue weighted by Gasteiger charge is 2.38. The van der Waals surface area contributed by atoms with Crippen LogP contribution in [0.4, 0.5) is 0 Å². The zero-order valence-electron chi connectivity index (χ0n) is 24.0. The zero-order chi connectivity index (χ0) is 27.9. The van der Waals surface area contributed by atoms with Crippen LogP contribution in [-0.2, 0) is 15.6 Å². The van der Waals surface area contributed by atoms with Crippen LogP contribution in [0.5, 0.6) is 11.5 Å². The van der Waals surface area contributed by atoms with E-state index in [1.807, 2.05) is 24.3 Å². The van der Waals surface area contributed by atoms with Gasteiger partial charge in [-0.3, -0.25) is 4.79 Å². The van der Waals surface area contributed by atoms with Crippen LogP contribution < -0.4 is 9.47 Å². The van der Waals surface area contributed by atoms with Gasteiger partial charge < -0.3 is 9.47 Å². The van der Waals surface area contributed by atoms with Crippen molar-refractivity contribution in [1.29, 1.82) is 0 Å². The fourth-order valence-corrected chi connectivity index (χ4v) is 5.66. The van der Waals surface area contributed by atoms with Gasteiger partial charge in [0.2, 0.25) is 0 Å². The van der Waals surface area contributed by atoms with Crippen molar-refractivity contribution < 1.29 is 14.3 Å². The number of ether oxygens (including phenoxy) is 2. The van der Waals surface area contributed by atoms with Gasteiger partial charge >= 0.3 is 5.97 Å². The molecular weight excluding hydrogens is 480 g/mol. The Morgan fingerprint density at radius 2 is 1.33 bits per heavy atom. The molecule has 0 spiro atoms. The van der Waals surface area contributed by atoms with Crippen molar-refractivity contribution in [2.45, 2.75) is 64.2 Å². The maximum absolute atomic E-state index is 14.5. The second kappa shape index (κ2) is 10.0. The van der Waals surface area contributed by atoms with Crippen LogP contribution in [0, 0.1) is 0 Å². The first-order valence-corrected chi connectivity index (χ1v) is 13.7. The molecule has 39 heavy (non-hydrogen) atoms. The first-order chi connectivity index (χ1) is 18.5. The molecule has 0 N–H and O–H groups in total. The molecule has 200 valence electrons. The number of hydrogen-bond acceptors (Lipinski definition) is 3. The van der Waals surface area contributed by atoms with Crippen molar-refractivity contribution in [1.82, 2.24) is 0 Å². The minimum atomic E-state index is -0.486. The third-order valence-corrected chi connectivity index (χ3v) is 7.73. The lowest BCUT2D eigenvalue weighted by molar-refractivity contribution is -0.136. The number of rotatable bonds is 4. The van der Waals surface area contributed by atoms with Gasteiger partial charge in [-0.1, -0.05) is 120 Å². The van der Waals surface area contributed by atoms with Gasteiger partial charge in [0.05, 0.1) is 13.0 Å². The molecule has 0 amide bonds. The molecule has 3 nitrogen and oxygen atoms in total. The highest BCUT2D eigenvalue weighted by molar-refractivity contribution is 5.91. The standard InChI is InChI=1S/C36H38O3/c1-35(2,3)30-21-25(38-7)22-31(36(4,5)6)33(30)39-34(37)32-27-17-11-9-14-24(27)19-20-29(32)28-18-12-15-23-13-8-10-16-26(23)28/h8-22,29,32H,1-7H3/t29-,32-/m0/s1. The van der Waals surface area contributed by atoms with Crippen LogP contribution in [0.2, 0.25) is 0 Å². The van der Waals surface area contributed by atoms with E-state index in [-0.39, 0.29) is 22.7 Å². The average molecular weight is 519 g/mol. The van der Waals surface area contributed by atoms with Crippen LogP contribution in [0.25, 0.3) is 16.8 Å². The molecule has 0 bridgehead atoms. The van der Waals surface area contributed by atoms with Gasteiger partial charge in [0.1, 0.15) is 11.5 Å². The summed E-state index contributed by atoms with van der Waals surface area (Å²) >= 11 is 0. The largest absolute Gasteiger partial charge is 0.497 e. The smallest absolute Gasteiger partial charge is 0.319 e. The van der Waals surface area contributed by atoms with Crippen molar-refractivity contribution in [3.63, 3.8) is 0 Å². The van der Waals surface area contributed by atoms with Crippen molar-refractivity contribution >= 4 is 22.8 Å². The highest BCUT2D eigenvalue weighted by Crippen LogP contribution is 2.46. The minimum Gasteiger partial charge on any atom is -0.497 e. The van der Waals surface area contributed by atoms with E-state index in [9.17, 15) is 4.79 Å². The third kappa shape index (κ3) is 5.11. The number of carbonyl (C=O) groups is 1. The van der Waals surface area contributed by atoms with E-state index in [0.717, 1.165) is 44.3 Å². The summed E-state index contributed by atoms with van der Waals surface area (Å²) in [6.45, 7) is 12.9. The lowest BCUT2D eigenvalue weighted by Gasteiger charge is -2.33. The molecule has 0 saturated carbocycles. The fourth-order valence-electron chi connectivity index (χ4n) is 5.66. The van der Waals surface area contributed by atoms with Crippen LogP contribution >= 0.6 is 0 Å². The van der Waals surface area contributed by atoms with E-state index in [1.54, 1.807) is 7.11 Å². The van der Waals surface area contributed by atoms with Crippen LogP contribution in [0.1, 0.15) is 81.2 Å². The summed E-state index contributed by atoms with van der Waals surface area (Å²) in [5.41, 5.74) is 4.57. The third-order valence-electron chi connectivity index (χ3n) is 7.73. The number of methoxy groups -OCH3 is 1. The predicted octanol–water partition coefficient (Wildman–Crippen LogP) is 8.94. The topological polar surface area (TPSA) is 35.5 Å². The lowest BCUT2D eigenvalue weighted by Crippen LogP contribution is -2.29. The molecule has 0 aromatic heterocycles. The predicted molar refractivity (Wildman–Crippen MR) is 161 cm³/mol. The van der Waals surface area contributed by atoms with Crippen LogP contribution in [0.3, 0.4) is 0 Å². The van der Waals surface area contributed by atoms with Gasteiger partial charge in [0, 0.05) is 17.0 Å². The molecule has 0 fully saturated rings. The second-order valence-electron chi connectivity index (χ2n) is 12.5. The van der Waals surface area contributed by atoms with Crippen molar-refractivity contribution in [3.8, 4) is 11.5 Å². The monoisotopic (exact) mass is 518 g/mol. The van der Waals surface area contributed by atoms with Gasteiger partial charge in [-0.2, -0.15) is 0 Å². The van der Waals surface area contributed by atoms with Gasteiger partial charge in [0.15, 0.2) is 0 Å². The lowest BCUT2D eigenvalue weighted by atomic mass is 9.74. The van der Waals surface area contributed by atoms with Crippen LogP contribution in [-0.4, -0.2) is 13.1 Å². The maximum atomic E-state index is 14.5. The molecule has 0 unspecified atom stereocenters. The molecule has 5 rings (SSSR count). The van der Waals surface area contributed by atoms with E-state index >= 15 is 0 Å². The summed E-state index contributed by atoms with van der Waals surface area (Å²) in [5.74, 6) is 0.521.